The number of thiol groups is 1. The number of fused-ring (bicyclic) bond motifs is 2. The molecule has 1 saturated heterocycles. The molecule has 31 heavy (non-hydrogen) atoms. The molecule has 2 atom stereocenters. The van der Waals surface area contributed by atoms with Gasteiger partial charge in [-0.2, -0.15) is 0 Å². The van der Waals surface area contributed by atoms with E-state index in [0.717, 1.165) is 48.8 Å². The lowest BCUT2D eigenvalue weighted by molar-refractivity contribution is 0.181. The highest BCUT2D eigenvalue weighted by Crippen LogP contribution is 2.45. The molecule has 1 fully saturated rings. The second-order valence-corrected chi connectivity index (χ2v) is 12.3. The maximum absolute atomic E-state index is 13.1. The van der Waals surface area contributed by atoms with E-state index in [1.165, 1.54) is 11.1 Å². The first-order chi connectivity index (χ1) is 14.8. The Labute approximate surface area is 191 Å². The number of anilines is 1. The van der Waals surface area contributed by atoms with Crippen LogP contribution >= 0.6 is 12.6 Å². The van der Waals surface area contributed by atoms with E-state index in [1.807, 2.05) is 31.4 Å². The molecule has 1 aromatic carbocycles. The van der Waals surface area contributed by atoms with Crippen molar-refractivity contribution in [3.8, 4) is 0 Å². The molecule has 1 spiro atoms. The lowest BCUT2D eigenvalue weighted by Crippen LogP contribution is -2.60. The zero-order valence-electron chi connectivity index (χ0n) is 18.2. The van der Waals surface area contributed by atoms with Gasteiger partial charge in [-0.25, -0.2) is 18.9 Å². The summed E-state index contributed by atoms with van der Waals surface area (Å²) in [5, 5.41) is 0. The molecule has 0 bridgehead atoms. The molecule has 1 aliphatic heterocycles. The predicted molar refractivity (Wildman–Crippen MR) is 128 cm³/mol. The number of nitrogens with one attached hydrogen (secondary N) is 1. The van der Waals surface area contributed by atoms with Gasteiger partial charge in [-0.05, 0) is 56.6 Å². The van der Waals surface area contributed by atoms with Crippen molar-refractivity contribution in [1.82, 2.24) is 19.1 Å². The van der Waals surface area contributed by atoms with Gasteiger partial charge >= 0.3 is 0 Å². The summed E-state index contributed by atoms with van der Waals surface area (Å²) in [7, 11) is -1.15. The third-order valence-corrected chi connectivity index (χ3v) is 8.63. The minimum Gasteiger partial charge on any atom is -0.340 e. The Balaban J connectivity index is 1.49. The standard InChI is InChI=1S/C23H29N5OS2/c1-22(2,3)31(29)26-19-15-27(21-25-14-18(30)20-24-9-11-28(20)21)10-8-23(19)12-16-6-4-5-7-17(16)13-23/h4-7,9,11,14,19,26,30H,8,10,12-13,15H2,1-3H3/t19?,31-/m1/s1. The zero-order chi connectivity index (χ0) is 21.8. The van der Waals surface area contributed by atoms with Gasteiger partial charge in [-0.1, -0.05) is 24.3 Å². The largest absolute Gasteiger partial charge is 0.340 e. The van der Waals surface area contributed by atoms with E-state index in [1.54, 1.807) is 12.4 Å². The first kappa shape index (κ1) is 21.0. The number of rotatable bonds is 3. The smallest absolute Gasteiger partial charge is 0.211 e. The van der Waals surface area contributed by atoms with Gasteiger partial charge in [0, 0.05) is 37.7 Å². The third-order valence-electron chi connectivity index (χ3n) is 6.70. The van der Waals surface area contributed by atoms with Crippen LogP contribution in [0.15, 0.2) is 47.8 Å². The number of nitrogens with zero attached hydrogens (tertiary/aromatic N) is 4. The highest BCUT2D eigenvalue weighted by Gasteiger charge is 2.48. The molecule has 1 N–H and O–H groups in total. The Morgan fingerprint density at radius 3 is 2.58 bits per heavy atom. The first-order valence-corrected chi connectivity index (χ1v) is 12.4. The van der Waals surface area contributed by atoms with Gasteiger partial charge in [0.25, 0.3) is 0 Å². The Morgan fingerprint density at radius 1 is 1.19 bits per heavy atom. The topological polar surface area (TPSA) is 62.5 Å². The molecule has 3 heterocycles. The fourth-order valence-corrected chi connectivity index (χ4v) is 6.12. The second kappa shape index (κ2) is 7.60. The summed E-state index contributed by atoms with van der Waals surface area (Å²) < 4.78 is 18.4. The summed E-state index contributed by atoms with van der Waals surface area (Å²) in [6, 6.07) is 8.83. The van der Waals surface area contributed by atoms with Crippen LogP contribution < -0.4 is 9.62 Å². The van der Waals surface area contributed by atoms with Gasteiger partial charge < -0.3 is 4.90 Å². The number of imidazole rings is 1. The summed E-state index contributed by atoms with van der Waals surface area (Å²) in [4.78, 5) is 12.2. The van der Waals surface area contributed by atoms with Crippen molar-refractivity contribution in [1.29, 1.82) is 0 Å². The van der Waals surface area contributed by atoms with Crippen LogP contribution in [0.1, 0.15) is 38.3 Å². The minimum atomic E-state index is -1.15. The van der Waals surface area contributed by atoms with E-state index in [4.69, 9.17) is 0 Å². The van der Waals surface area contributed by atoms with Crippen LogP contribution in [0.5, 0.6) is 0 Å². The van der Waals surface area contributed by atoms with Crippen LogP contribution in [0.2, 0.25) is 0 Å². The monoisotopic (exact) mass is 455 g/mol. The van der Waals surface area contributed by atoms with Gasteiger partial charge in [0.1, 0.15) is 0 Å². The van der Waals surface area contributed by atoms with Crippen LogP contribution in [0.4, 0.5) is 5.95 Å². The number of hydrogen-bond acceptors (Lipinski definition) is 5. The molecule has 5 rings (SSSR count). The third kappa shape index (κ3) is 3.68. The summed E-state index contributed by atoms with van der Waals surface area (Å²) >= 11 is 4.50. The first-order valence-electron chi connectivity index (χ1n) is 10.8. The summed E-state index contributed by atoms with van der Waals surface area (Å²) in [6.45, 7) is 7.72. The predicted octanol–water partition coefficient (Wildman–Crippen LogP) is 3.43. The molecule has 0 radical (unpaired) electrons. The highest BCUT2D eigenvalue weighted by molar-refractivity contribution is 7.84. The van der Waals surface area contributed by atoms with E-state index in [0.29, 0.717) is 0 Å². The minimum absolute atomic E-state index is 0.0681. The lowest BCUT2D eigenvalue weighted by atomic mass is 9.72. The molecule has 164 valence electrons. The maximum atomic E-state index is 13.1. The van der Waals surface area contributed by atoms with Crippen LogP contribution in [-0.4, -0.2) is 42.5 Å². The zero-order valence-corrected chi connectivity index (χ0v) is 19.9. The summed E-state index contributed by atoms with van der Waals surface area (Å²) in [6.07, 6.45) is 8.55. The SMILES string of the molecule is CC(C)(C)[S@@](=O)NC1CN(c2ncc(S)c3nccn23)CCC12Cc1ccccc1C2. The van der Waals surface area contributed by atoms with E-state index < -0.39 is 11.0 Å². The number of aromatic nitrogens is 3. The lowest BCUT2D eigenvalue weighted by Gasteiger charge is -2.47. The Morgan fingerprint density at radius 2 is 1.90 bits per heavy atom. The quantitative estimate of drug-likeness (QED) is 0.594. The van der Waals surface area contributed by atoms with E-state index >= 15 is 0 Å². The van der Waals surface area contributed by atoms with Crippen molar-refractivity contribution in [2.45, 2.75) is 55.7 Å². The van der Waals surface area contributed by atoms with Crippen molar-refractivity contribution >= 4 is 35.2 Å². The fraction of sp³-hybridized carbons (Fsp3) is 0.478. The Kier molecular flexibility index (Phi) is 5.14. The molecule has 8 heteroatoms. The second-order valence-electron chi connectivity index (χ2n) is 9.80. The molecule has 1 aliphatic carbocycles. The Bertz CT molecular complexity index is 1130. The fourth-order valence-electron chi connectivity index (χ4n) is 4.96. The molecule has 2 aliphatic rings. The van der Waals surface area contributed by atoms with Crippen LogP contribution in [-0.2, 0) is 23.8 Å². The van der Waals surface area contributed by atoms with Crippen molar-refractivity contribution in [2.24, 2.45) is 5.41 Å². The number of benzene rings is 1. The molecule has 1 unspecified atom stereocenters. The maximum Gasteiger partial charge on any atom is 0.211 e. The molecular formula is C23H29N5OS2. The molecule has 2 aromatic heterocycles. The van der Waals surface area contributed by atoms with Gasteiger partial charge in [-0.15, -0.1) is 12.6 Å². The normalized spacial score (nSPS) is 21.5. The molecule has 3 aromatic rings. The van der Waals surface area contributed by atoms with Crippen LogP contribution in [0.3, 0.4) is 0 Å². The van der Waals surface area contributed by atoms with E-state index in [-0.39, 0.29) is 16.2 Å². The van der Waals surface area contributed by atoms with Gasteiger partial charge in [0.05, 0.1) is 20.6 Å². The van der Waals surface area contributed by atoms with Crippen LogP contribution in [0, 0.1) is 5.41 Å². The molecule has 0 saturated carbocycles. The van der Waals surface area contributed by atoms with E-state index in [2.05, 4.69) is 56.5 Å². The molecule has 0 amide bonds. The van der Waals surface area contributed by atoms with Crippen molar-refractivity contribution in [3.05, 3.63) is 54.0 Å². The summed E-state index contributed by atoms with van der Waals surface area (Å²) in [5.41, 5.74) is 3.74. The van der Waals surface area contributed by atoms with E-state index in [9.17, 15) is 4.21 Å². The van der Waals surface area contributed by atoms with Gasteiger partial charge in [-0.3, -0.25) is 4.40 Å². The van der Waals surface area contributed by atoms with Crippen LogP contribution in [0.25, 0.3) is 5.65 Å². The van der Waals surface area contributed by atoms with Crippen molar-refractivity contribution < 1.29 is 4.21 Å². The van der Waals surface area contributed by atoms with Crippen molar-refractivity contribution in [2.75, 3.05) is 18.0 Å². The highest BCUT2D eigenvalue weighted by atomic mass is 32.2. The van der Waals surface area contributed by atoms with Crippen molar-refractivity contribution in [3.63, 3.8) is 0 Å². The van der Waals surface area contributed by atoms with Gasteiger partial charge in [0.15, 0.2) is 5.65 Å². The number of hydrogen-bond donors (Lipinski definition) is 2. The van der Waals surface area contributed by atoms with Gasteiger partial charge in [0.2, 0.25) is 5.95 Å². The number of piperidine rings is 1. The summed E-state index contributed by atoms with van der Waals surface area (Å²) in [5.74, 6) is 0.865. The average Bonchev–Trinajstić information content (AvgIpc) is 3.35. The average molecular weight is 456 g/mol. The molecular weight excluding hydrogens is 426 g/mol. The Hall–Kier alpha value is -1.90. The molecule has 6 nitrogen and oxygen atoms in total.